The van der Waals surface area contributed by atoms with E-state index in [0.717, 1.165) is 49.1 Å². The van der Waals surface area contributed by atoms with Gasteiger partial charge in [0.15, 0.2) is 0 Å². The highest BCUT2D eigenvalue weighted by Crippen LogP contribution is 2.25. The molecule has 1 atom stereocenters. The van der Waals surface area contributed by atoms with Crippen molar-refractivity contribution in [2.45, 2.75) is 33.1 Å². The molecule has 0 radical (unpaired) electrons. The first-order chi connectivity index (χ1) is 11.3. The second-order valence-corrected chi connectivity index (χ2v) is 6.42. The third-order valence-corrected chi connectivity index (χ3v) is 4.28. The number of anilines is 2. The molecule has 2 aromatic rings. The minimum atomic E-state index is 0.708. The van der Waals surface area contributed by atoms with Gasteiger partial charge in [-0.3, -0.25) is 0 Å². The van der Waals surface area contributed by atoms with Gasteiger partial charge >= 0.3 is 0 Å². The first-order valence-electron chi connectivity index (χ1n) is 8.69. The number of nitrogens with one attached hydrogen (secondary N) is 1. The van der Waals surface area contributed by atoms with Gasteiger partial charge in [0.05, 0.1) is 5.69 Å². The molecule has 1 aromatic heterocycles. The van der Waals surface area contributed by atoms with Crippen molar-refractivity contribution in [2.24, 2.45) is 5.92 Å². The molecule has 0 amide bonds. The van der Waals surface area contributed by atoms with Crippen LogP contribution in [0, 0.1) is 5.92 Å². The Labute approximate surface area is 139 Å². The highest BCUT2D eigenvalue weighted by Gasteiger charge is 2.20. The van der Waals surface area contributed by atoms with Gasteiger partial charge in [-0.25, -0.2) is 4.98 Å². The Morgan fingerprint density at radius 3 is 2.78 bits per heavy atom. The minimum Gasteiger partial charge on any atom is -0.370 e. The van der Waals surface area contributed by atoms with Crippen LogP contribution in [0.1, 0.15) is 33.1 Å². The van der Waals surface area contributed by atoms with Gasteiger partial charge in [-0.05, 0) is 25.2 Å². The van der Waals surface area contributed by atoms with Gasteiger partial charge in [0, 0.05) is 31.3 Å². The van der Waals surface area contributed by atoms with Crippen molar-refractivity contribution in [1.82, 2.24) is 9.97 Å². The van der Waals surface area contributed by atoms with Gasteiger partial charge in [0.2, 0.25) is 5.95 Å². The molecule has 0 aliphatic carbocycles. The molecule has 3 rings (SSSR count). The van der Waals surface area contributed by atoms with Gasteiger partial charge < -0.3 is 10.2 Å². The third kappa shape index (κ3) is 4.01. The van der Waals surface area contributed by atoms with E-state index in [0.29, 0.717) is 5.92 Å². The standard InChI is InChI=1S/C19H26N4/c1-3-11-20-18-13-17(16-9-5-4-6-10-16)21-19(22-18)23-12-7-8-15(2)14-23/h4-6,9-10,13,15H,3,7-8,11-12,14H2,1-2H3,(H,20,21,22). The second-order valence-electron chi connectivity index (χ2n) is 6.42. The SMILES string of the molecule is CCCNc1cc(-c2ccccc2)nc(N2CCCC(C)C2)n1. The molecule has 1 N–H and O–H groups in total. The molecular weight excluding hydrogens is 284 g/mol. The normalized spacial score (nSPS) is 18.0. The van der Waals surface area contributed by atoms with E-state index in [-0.39, 0.29) is 0 Å². The fraction of sp³-hybridized carbons (Fsp3) is 0.474. The molecule has 122 valence electrons. The topological polar surface area (TPSA) is 41.1 Å². The van der Waals surface area contributed by atoms with Crippen molar-refractivity contribution in [1.29, 1.82) is 0 Å². The molecule has 1 saturated heterocycles. The number of aromatic nitrogens is 2. The maximum atomic E-state index is 4.84. The van der Waals surface area contributed by atoms with Crippen LogP contribution in [0.15, 0.2) is 36.4 Å². The van der Waals surface area contributed by atoms with Crippen LogP contribution < -0.4 is 10.2 Å². The first kappa shape index (κ1) is 15.8. The van der Waals surface area contributed by atoms with Crippen molar-refractivity contribution in [3.05, 3.63) is 36.4 Å². The molecular formula is C19H26N4. The Morgan fingerprint density at radius 2 is 2.04 bits per heavy atom. The Balaban J connectivity index is 1.94. The maximum absolute atomic E-state index is 4.84. The summed E-state index contributed by atoms with van der Waals surface area (Å²) in [4.78, 5) is 11.9. The van der Waals surface area contributed by atoms with Crippen LogP contribution in [-0.4, -0.2) is 29.6 Å². The van der Waals surface area contributed by atoms with Crippen LogP contribution in [0.5, 0.6) is 0 Å². The molecule has 1 unspecified atom stereocenters. The van der Waals surface area contributed by atoms with Crippen LogP contribution in [0.4, 0.5) is 11.8 Å². The lowest BCUT2D eigenvalue weighted by Crippen LogP contribution is -2.35. The van der Waals surface area contributed by atoms with Crippen LogP contribution >= 0.6 is 0 Å². The summed E-state index contributed by atoms with van der Waals surface area (Å²) in [6, 6.07) is 12.4. The molecule has 0 spiro atoms. The molecule has 2 heterocycles. The minimum absolute atomic E-state index is 0.708. The zero-order chi connectivity index (χ0) is 16.1. The third-order valence-electron chi connectivity index (χ3n) is 4.28. The van der Waals surface area contributed by atoms with E-state index in [1.165, 1.54) is 12.8 Å². The molecule has 4 nitrogen and oxygen atoms in total. The van der Waals surface area contributed by atoms with E-state index in [1.54, 1.807) is 0 Å². The summed E-state index contributed by atoms with van der Waals surface area (Å²) < 4.78 is 0. The number of hydrogen-bond acceptors (Lipinski definition) is 4. The average molecular weight is 310 g/mol. The lowest BCUT2D eigenvalue weighted by atomic mass is 10.0. The molecule has 0 bridgehead atoms. The predicted octanol–water partition coefficient (Wildman–Crippen LogP) is 4.20. The van der Waals surface area contributed by atoms with Gasteiger partial charge in [0.1, 0.15) is 5.82 Å². The first-order valence-corrected chi connectivity index (χ1v) is 8.69. The van der Waals surface area contributed by atoms with Gasteiger partial charge in [-0.2, -0.15) is 4.98 Å². The van der Waals surface area contributed by atoms with Gasteiger partial charge in [0.25, 0.3) is 0 Å². The fourth-order valence-electron chi connectivity index (χ4n) is 3.05. The Morgan fingerprint density at radius 1 is 1.22 bits per heavy atom. The molecule has 1 aliphatic rings. The fourth-order valence-corrected chi connectivity index (χ4v) is 3.05. The van der Waals surface area contributed by atoms with Crippen molar-refractivity contribution >= 4 is 11.8 Å². The molecule has 1 aromatic carbocycles. The van der Waals surface area contributed by atoms with E-state index in [1.807, 2.05) is 6.07 Å². The lowest BCUT2D eigenvalue weighted by molar-refractivity contribution is 0.442. The maximum Gasteiger partial charge on any atom is 0.227 e. The second kappa shape index (κ2) is 7.44. The van der Waals surface area contributed by atoms with Crippen molar-refractivity contribution in [3.63, 3.8) is 0 Å². The zero-order valence-corrected chi connectivity index (χ0v) is 14.1. The monoisotopic (exact) mass is 310 g/mol. The number of nitrogens with zero attached hydrogens (tertiary/aromatic N) is 3. The predicted molar refractivity (Wildman–Crippen MR) is 96.9 cm³/mol. The molecule has 1 aliphatic heterocycles. The van der Waals surface area contributed by atoms with Crippen LogP contribution in [0.3, 0.4) is 0 Å². The number of piperidine rings is 1. The van der Waals surface area contributed by atoms with Crippen molar-refractivity contribution in [3.8, 4) is 11.3 Å². The summed E-state index contributed by atoms with van der Waals surface area (Å²) in [7, 11) is 0. The summed E-state index contributed by atoms with van der Waals surface area (Å²) in [5, 5.41) is 3.42. The number of benzene rings is 1. The molecule has 0 saturated carbocycles. The number of hydrogen-bond donors (Lipinski definition) is 1. The summed E-state index contributed by atoms with van der Waals surface area (Å²) in [5.41, 5.74) is 2.13. The van der Waals surface area contributed by atoms with E-state index in [9.17, 15) is 0 Å². The molecule has 23 heavy (non-hydrogen) atoms. The Hall–Kier alpha value is -2.10. The van der Waals surface area contributed by atoms with E-state index in [4.69, 9.17) is 9.97 Å². The van der Waals surface area contributed by atoms with Gasteiger partial charge in [-0.15, -0.1) is 0 Å². The van der Waals surface area contributed by atoms with Crippen LogP contribution in [0.25, 0.3) is 11.3 Å². The molecule has 1 fully saturated rings. The van der Waals surface area contributed by atoms with Crippen LogP contribution in [-0.2, 0) is 0 Å². The summed E-state index contributed by atoms with van der Waals surface area (Å²) in [6.45, 7) is 7.51. The van der Waals surface area contributed by atoms with Gasteiger partial charge in [-0.1, -0.05) is 44.2 Å². The van der Waals surface area contributed by atoms with Crippen molar-refractivity contribution < 1.29 is 0 Å². The van der Waals surface area contributed by atoms with Crippen molar-refractivity contribution in [2.75, 3.05) is 29.9 Å². The Kier molecular flexibility index (Phi) is 5.11. The lowest BCUT2D eigenvalue weighted by Gasteiger charge is -2.31. The smallest absolute Gasteiger partial charge is 0.227 e. The average Bonchev–Trinajstić information content (AvgIpc) is 2.60. The summed E-state index contributed by atoms with van der Waals surface area (Å²) in [6.07, 6.45) is 3.61. The van der Waals surface area contributed by atoms with E-state index < -0.39 is 0 Å². The summed E-state index contributed by atoms with van der Waals surface area (Å²) >= 11 is 0. The highest BCUT2D eigenvalue weighted by atomic mass is 15.3. The van der Waals surface area contributed by atoms with Crippen LogP contribution in [0.2, 0.25) is 0 Å². The highest BCUT2D eigenvalue weighted by molar-refractivity contribution is 5.64. The zero-order valence-electron chi connectivity index (χ0n) is 14.1. The number of rotatable bonds is 5. The Bertz CT molecular complexity index is 627. The van der Waals surface area contributed by atoms with E-state index >= 15 is 0 Å². The largest absolute Gasteiger partial charge is 0.370 e. The van der Waals surface area contributed by atoms with E-state index in [2.05, 4.69) is 54.4 Å². The molecule has 4 heteroatoms. The quantitative estimate of drug-likeness (QED) is 0.898. The summed E-state index contributed by atoms with van der Waals surface area (Å²) in [5.74, 6) is 2.49.